The molecule has 2 fully saturated rings. The molecule has 4 rings (SSSR count). The number of hydrogen-bond donors (Lipinski definition) is 0. The predicted octanol–water partition coefficient (Wildman–Crippen LogP) is 4.00. The van der Waals surface area contributed by atoms with Gasteiger partial charge in [0.15, 0.2) is 0 Å². The third-order valence-corrected chi connectivity index (χ3v) is 6.67. The van der Waals surface area contributed by atoms with E-state index in [1.807, 2.05) is 24.3 Å². The summed E-state index contributed by atoms with van der Waals surface area (Å²) in [4.78, 5) is 17.4. The van der Waals surface area contributed by atoms with Gasteiger partial charge in [-0.15, -0.1) is 0 Å². The lowest BCUT2D eigenvalue weighted by atomic mass is 10.0. The van der Waals surface area contributed by atoms with Crippen LogP contribution in [0.25, 0.3) is 0 Å². The van der Waals surface area contributed by atoms with Gasteiger partial charge in [-0.3, -0.25) is 4.79 Å². The maximum Gasteiger partial charge on any atom is 0.249 e. The van der Waals surface area contributed by atoms with Crippen LogP contribution in [0.4, 0.5) is 4.39 Å². The van der Waals surface area contributed by atoms with Crippen molar-refractivity contribution in [1.29, 1.82) is 0 Å². The number of benzene rings is 2. The molecule has 0 radical (unpaired) electrons. The number of rotatable bonds is 8. The molecule has 2 saturated heterocycles. The van der Waals surface area contributed by atoms with Crippen molar-refractivity contribution in [3.63, 3.8) is 0 Å². The molecule has 2 aromatic rings. The fourth-order valence-electron chi connectivity index (χ4n) is 4.77. The minimum Gasteiger partial charge on any atom is -0.497 e. The smallest absolute Gasteiger partial charge is 0.249 e. The highest BCUT2D eigenvalue weighted by Crippen LogP contribution is 2.35. The van der Waals surface area contributed by atoms with Gasteiger partial charge in [0.2, 0.25) is 5.91 Å². The standard InChI is InChI=1S/C25H31FN2O3/c1-27-21-9-10-22(27)14-24(13-21)31-17-25(29)28(15-18-3-7-20(26)8-4-18)16-19-5-11-23(30-2)12-6-19/h3-8,11-12,21-22,24H,9-10,13-17H2,1-2H3/t21-,22+,24+. The second kappa shape index (κ2) is 9.79. The number of fused-ring (bicyclic) bond motifs is 2. The van der Waals surface area contributed by atoms with Crippen LogP contribution in [0.5, 0.6) is 5.75 Å². The molecule has 2 heterocycles. The van der Waals surface area contributed by atoms with Gasteiger partial charge in [0.1, 0.15) is 18.2 Å². The summed E-state index contributed by atoms with van der Waals surface area (Å²) < 4.78 is 24.6. The van der Waals surface area contributed by atoms with Crippen LogP contribution in [0, 0.1) is 5.82 Å². The number of methoxy groups -OCH3 is 1. The number of nitrogens with zero attached hydrogens (tertiary/aromatic N) is 2. The molecule has 6 heteroatoms. The van der Waals surface area contributed by atoms with E-state index >= 15 is 0 Å². The zero-order chi connectivity index (χ0) is 21.8. The molecule has 2 aromatic carbocycles. The number of amides is 1. The fourth-order valence-corrected chi connectivity index (χ4v) is 4.77. The molecule has 2 bridgehead atoms. The second-order valence-corrected chi connectivity index (χ2v) is 8.68. The molecule has 0 aliphatic carbocycles. The summed E-state index contributed by atoms with van der Waals surface area (Å²) in [6, 6.07) is 15.1. The summed E-state index contributed by atoms with van der Waals surface area (Å²) in [6.07, 6.45) is 4.59. The average molecular weight is 427 g/mol. The average Bonchev–Trinajstić information content (AvgIpc) is 2.99. The van der Waals surface area contributed by atoms with Gasteiger partial charge in [-0.25, -0.2) is 4.39 Å². The highest BCUT2D eigenvalue weighted by molar-refractivity contribution is 5.77. The first-order valence-electron chi connectivity index (χ1n) is 11.0. The number of hydrogen-bond acceptors (Lipinski definition) is 4. The Balaban J connectivity index is 1.40. The maximum atomic E-state index is 13.3. The zero-order valence-electron chi connectivity index (χ0n) is 18.3. The van der Waals surface area contributed by atoms with E-state index in [1.54, 1.807) is 24.1 Å². The van der Waals surface area contributed by atoms with Crippen LogP contribution in [0.2, 0.25) is 0 Å². The summed E-state index contributed by atoms with van der Waals surface area (Å²) in [6.45, 7) is 0.945. The van der Waals surface area contributed by atoms with Crippen LogP contribution in [-0.4, -0.2) is 54.7 Å². The summed E-state index contributed by atoms with van der Waals surface area (Å²) in [5, 5.41) is 0. The van der Waals surface area contributed by atoms with Crippen molar-refractivity contribution >= 4 is 5.91 Å². The van der Waals surface area contributed by atoms with Crippen molar-refractivity contribution in [2.45, 2.75) is 57.0 Å². The van der Waals surface area contributed by atoms with Crippen molar-refractivity contribution in [2.24, 2.45) is 0 Å². The lowest BCUT2D eigenvalue weighted by Gasteiger charge is -2.36. The van der Waals surface area contributed by atoms with Gasteiger partial charge in [0.25, 0.3) is 0 Å². The third kappa shape index (κ3) is 5.43. The summed E-state index contributed by atoms with van der Waals surface area (Å²) in [5.41, 5.74) is 1.90. The van der Waals surface area contributed by atoms with Gasteiger partial charge in [0, 0.05) is 25.2 Å². The molecule has 0 spiro atoms. The Hall–Kier alpha value is -2.44. The largest absolute Gasteiger partial charge is 0.497 e. The van der Waals surface area contributed by atoms with Crippen molar-refractivity contribution < 1.29 is 18.7 Å². The topological polar surface area (TPSA) is 42.0 Å². The number of carbonyl (C=O) groups is 1. The molecule has 31 heavy (non-hydrogen) atoms. The van der Waals surface area contributed by atoms with Crippen molar-refractivity contribution in [1.82, 2.24) is 9.80 Å². The molecule has 2 aliphatic rings. The highest BCUT2D eigenvalue weighted by atomic mass is 19.1. The molecule has 0 N–H and O–H groups in total. The summed E-state index contributed by atoms with van der Waals surface area (Å²) in [7, 11) is 3.83. The van der Waals surface area contributed by atoms with E-state index in [0.717, 1.165) is 29.7 Å². The van der Waals surface area contributed by atoms with Gasteiger partial charge >= 0.3 is 0 Å². The molecule has 5 nitrogen and oxygen atoms in total. The number of halogens is 1. The van der Waals surface area contributed by atoms with Crippen LogP contribution in [-0.2, 0) is 22.6 Å². The Bertz CT molecular complexity index is 857. The minimum absolute atomic E-state index is 0.0496. The first kappa shape index (κ1) is 21.8. The van der Waals surface area contributed by atoms with E-state index in [1.165, 1.54) is 25.0 Å². The Morgan fingerprint density at radius 3 is 2.10 bits per heavy atom. The van der Waals surface area contributed by atoms with Gasteiger partial charge < -0.3 is 19.3 Å². The molecule has 0 unspecified atom stereocenters. The first-order chi connectivity index (χ1) is 15.0. The van der Waals surface area contributed by atoms with Crippen LogP contribution >= 0.6 is 0 Å². The zero-order valence-corrected chi connectivity index (χ0v) is 18.3. The van der Waals surface area contributed by atoms with E-state index in [-0.39, 0.29) is 24.4 Å². The van der Waals surface area contributed by atoms with Gasteiger partial charge in [-0.1, -0.05) is 24.3 Å². The van der Waals surface area contributed by atoms with Gasteiger partial charge in [-0.2, -0.15) is 0 Å². The monoisotopic (exact) mass is 426 g/mol. The Labute approximate surface area is 183 Å². The van der Waals surface area contributed by atoms with E-state index in [2.05, 4.69) is 11.9 Å². The highest BCUT2D eigenvalue weighted by Gasteiger charge is 2.39. The lowest BCUT2D eigenvalue weighted by molar-refractivity contribution is -0.141. The van der Waals surface area contributed by atoms with E-state index < -0.39 is 0 Å². The number of carbonyl (C=O) groups excluding carboxylic acids is 1. The molecule has 2 aliphatic heterocycles. The molecule has 3 atom stereocenters. The van der Waals surface area contributed by atoms with E-state index in [4.69, 9.17) is 9.47 Å². The summed E-state index contributed by atoms with van der Waals surface area (Å²) in [5.74, 6) is 0.448. The van der Waals surface area contributed by atoms with Crippen LogP contribution < -0.4 is 4.74 Å². The van der Waals surface area contributed by atoms with Gasteiger partial charge in [-0.05, 0) is 68.1 Å². The molecule has 166 valence electrons. The number of ether oxygens (including phenoxy) is 2. The molecule has 1 amide bonds. The number of piperidine rings is 1. The molecular weight excluding hydrogens is 395 g/mol. The summed E-state index contributed by atoms with van der Waals surface area (Å²) >= 11 is 0. The predicted molar refractivity (Wildman–Crippen MR) is 117 cm³/mol. The molecular formula is C25H31FN2O3. The third-order valence-electron chi connectivity index (χ3n) is 6.67. The lowest BCUT2D eigenvalue weighted by Crippen LogP contribution is -2.44. The fraction of sp³-hybridized carbons (Fsp3) is 0.480. The van der Waals surface area contributed by atoms with Crippen LogP contribution in [0.1, 0.15) is 36.8 Å². The Kier molecular flexibility index (Phi) is 6.88. The van der Waals surface area contributed by atoms with Gasteiger partial charge in [0.05, 0.1) is 13.2 Å². The SMILES string of the molecule is COc1ccc(CN(Cc2ccc(F)cc2)C(=O)CO[C@H]2C[C@H]3CC[C@@H](C2)N3C)cc1. The van der Waals surface area contributed by atoms with Crippen molar-refractivity contribution in [3.05, 3.63) is 65.5 Å². The Morgan fingerprint density at radius 1 is 1.00 bits per heavy atom. The molecule has 0 aromatic heterocycles. The Morgan fingerprint density at radius 2 is 1.55 bits per heavy atom. The first-order valence-corrected chi connectivity index (χ1v) is 11.0. The van der Waals surface area contributed by atoms with Crippen LogP contribution in [0.3, 0.4) is 0 Å². The van der Waals surface area contributed by atoms with Crippen molar-refractivity contribution in [3.8, 4) is 5.75 Å². The maximum absolute atomic E-state index is 13.3. The quantitative estimate of drug-likeness (QED) is 0.640. The van der Waals surface area contributed by atoms with E-state index in [9.17, 15) is 9.18 Å². The van der Waals surface area contributed by atoms with Crippen LogP contribution in [0.15, 0.2) is 48.5 Å². The minimum atomic E-state index is -0.281. The normalized spacial score (nSPS) is 23.0. The van der Waals surface area contributed by atoms with Crippen molar-refractivity contribution in [2.75, 3.05) is 20.8 Å². The van der Waals surface area contributed by atoms with E-state index in [0.29, 0.717) is 25.2 Å². The molecule has 0 saturated carbocycles. The second-order valence-electron chi connectivity index (χ2n) is 8.68.